The molecule has 1 fully saturated rings. The van der Waals surface area contributed by atoms with E-state index >= 15 is 0 Å². The van der Waals surface area contributed by atoms with Crippen LogP contribution in [0.15, 0.2) is 81.9 Å². The molecule has 0 radical (unpaired) electrons. The molecule has 1 saturated heterocycles. The zero-order valence-electron chi connectivity index (χ0n) is 18.7. The Hall–Kier alpha value is -4.26. The number of rotatable bonds is 7. The van der Waals surface area contributed by atoms with Crippen LogP contribution in [0.25, 0.3) is 0 Å². The number of thioether (sulfide) groups is 1. The summed E-state index contributed by atoms with van der Waals surface area (Å²) in [7, 11) is 0. The Kier molecular flexibility index (Phi) is 7.82. The Balaban J connectivity index is 1.30. The molecule has 1 heterocycles. The van der Waals surface area contributed by atoms with Crippen molar-refractivity contribution in [2.24, 2.45) is 15.2 Å². The van der Waals surface area contributed by atoms with Crippen molar-refractivity contribution < 1.29 is 26.7 Å². The topological polar surface area (TPSA) is 85.4 Å². The number of ether oxygens (including phenoxy) is 1. The van der Waals surface area contributed by atoms with Crippen LogP contribution in [-0.4, -0.2) is 35.8 Å². The first-order valence-electron chi connectivity index (χ1n) is 10.5. The minimum Gasteiger partial charge on any atom is -0.406 e. The van der Waals surface area contributed by atoms with E-state index < -0.39 is 18.0 Å². The van der Waals surface area contributed by atoms with Crippen LogP contribution in [0, 0.1) is 17.0 Å². The molecular weight excluding hydrogens is 515 g/mol. The minimum atomic E-state index is -4.76. The third kappa shape index (κ3) is 6.91. The number of alkyl halides is 3. The van der Waals surface area contributed by atoms with Crippen molar-refractivity contribution >= 4 is 46.7 Å². The third-order valence-corrected chi connectivity index (χ3v) is 5.76. The number of hydrogen-bond acceptors (Lipinski definition) is 5. The highest BCUT2D eigenvalue weighted by Gasteiger charge is 2.31. The largest absolute Gasteiger partial charge is 0.573 e. The number of halogens is 5. The minimum absolute atomic E-state index is 0.0540. The van der Waals surface area contributed by atoms with Crippen LogP contribution in [-0.2, 0) is 0 Å². The van der Waals surface area contributed by atoms with Crippen molar-refractivity contribution in [3.8, 4) is 5.75 Å². The molecule has 1 aliphatic heterocycles. The van der Waals surface area contributed by atoms with Crippen LogP contribution in [0.5, 0.6) is 5.75 Å². The smallest absolute Gasteiger partial charge is 0.406 e. The highest BCUT2D eigenvalue weighted by molar-refractivity contribution is 8.16. The molecule has 0 bridgehead atoms. The van der Waals surface area contributed by atoms with Crippen molar-refractivity contribution in [2.75, 3.05) is 16.1 Å². The molecule has 0 amide bonds. The molecule has 0 aliphatic carbocycles. The molecular formula is C24H17F5N6OS. The zero-order chi connectivity index (χ0) is 26.4. The average molecular weight is 532 g/mol. The second-order valence-electron chi connectivity index (χ2n) is 7.34. The predicted molar refractivity (Wildman–Crippen MR) is 135 cm³/mol. The molecule has 13 heteroatoms. The van der Waals surface area contributed by atoms with E-state index in [4.69, 9.17) is 5.41 Å². The first-order chi connectivity index (χ1) is 17.7. The molecule has 3 aromatic rings. The van der Waals surface area contributed by atoms with Gasteiger partial charge in [0.15, 0.2) is 11.0 Å². The van der Waals surface area contributed by atoms with Gasteiger partial charge in [-0.2, -0.15) is 5.10 Å². The Morgan fingerprint density at radius 2 is 1.68 bits per heavy atom. The van der Waals surface area contributed by atoms with Gasteiger partial charge in [-0.15, -0.1) is 18.3 Å². The maximum atomic E-state index is 14.0. The standard InChI is InChI=1S/C24H17F5N6OS/c25-19-2-1-3-20(26)21(19)35-14-37-23(35)34-33-12-15-4-6-16(7-5-15)22(30)32-13-31-17-8-10-18(11-9-17)36-24(27,28)29/h1-13H,14H2,(H2,30,31,32)/b33-12+,34-23-. The summed E-state index contributed by atoms with van der Waals surface area (Å²) in [6.07, 6.45) is -2.05. The fourth-order valence-corrected chi connectivity index (χ4v) is 3.75. The molecule has 0 unspecified atom stereocenters. The van der Waals surface area contributed by atoms with Crippen molar-refractivity contribution in [1.29, 1.82) is 5.41 Å². The number of nitrogens with zero attached hydrogens (tertiary/aromatic N) is 4. The van der Waals surface area contributed by atoms with Crippen molar-refractivity contribution in [2.45, 2.75) is 6.36 Å². The molecule has 1 aliphatic rings. The number of benzene rings is 3. The van der Waals surface area contributed by atoms with Gasteiger partial charge >= 0.3 is 6.36 Å². The lowest BCUT2D eigenvalue weighted by Gasteiger charge is -2.32. The molecule has 0 saturated carbocycles. The molecule has 0 atom stereocenters. The normalized spacial score (nSPS) is 14.8. The van der Waals surface area contributed by atoms with E-state index in [1.165, 1.54) is 59.5 Å². The maximum absolute atomic E-state index is 14.0. The summed E-state index contributed by atoms with van der Waals surface area (Å²) >= 11 is 1.30. The van der Waals surface area contributed by atoms with Gasteiger partial charge in [0.05, 0.1) is 18.4 Å². The third-order valence-electron chi connectivity index (χ3n) is 4.81. The summed E-state index contributed by atoms with van der Waals surface area (Å²) in [6, 6.07) is 15.4. The Morgan fingerprint density at radius 1 is 1.00 bits per heavy atom. The van der Waals surface area contributed by atoms with Gasteiger partial charge in [-0.25, -0.2) is 13.8 Å². The van der Waals surface area contributed by atoms with Crippen molar-refractivity contribution in [3.63, 3.8) is 0 Å². The van der Waals surface area contributed by atoms with Gasteiger partial charge in [0.2, 0.25) is 0 Å². The first kappa shape index (κ1) is 25.8. The highest BCUT2D eigenvalue weighted by Crippen LogP contribution is 2.34. The number of amidine groups is 2. The van der Waals surface area contributed by atoms with E-state index in [9.17, 15) is 22.0 Å². The first-order valence-corrected chi connectivity index (χ1v) is 11.5. The fraction of sp³-hybridized carbons (Fsp3) is 0.0833. The van der Waals surface area contributed by atoms with E-state index in [-0.39, 0.29) is 17.3 Å². The van der Waals surface area contributed by atoms with Crippen LogP contribution in [0.4, 0.5) is 33.3 Å². The molecule has 37 heavy (non-hydrogen) atoms. The second-order valence-corrected chi connectivity index (χ2v) is 8.26. The number of aliphatic imine (C=N–C) groups is 1. The summed E-state index contributed by atoms with van der Waals surface area (Å²) in [5, 5.41) is 19.2. The summed E-state index contributed by atoms with van der Waals surface area (Å²) in [5.74, 6) is -1.40. The fourth-order valence-electron chi connectivity index (χ4n) is 3.05. The van der Waals surface area contributed by atoms with Crippen molar-refractivity contribution in [1.82, 2.24) is 0 Å². The van der Waals surface area contributed by atoms with E-state index in [1.54, 1.807) is 24.3 Å². The van der Waals surface area contributed by atoms with Gasteiger partial charge in [0, 0.05) is 11.3 Å². The summed E-state index contributed by atoms with van der Waals surface area (Å²) in [6.45, 7) is 0. The Labute approximate surface area is 211 Å². The van der Waals surface area contributed by atoms with Gasteiger partial charge in [0.25, 0.3) is 0 Å². The Morgan fingerprint density at radius 3 is 2.27 bits per heavy atom. The lowest BCUT2D eigenvalue weighted by Crippen LogP contribution is -2.39. The SMILES string of the molecule is N=C(/N=C\Nc1ccc(OC(F)(F)F)cc1)c1ccc(/C=N/N=C2\SCN2c2c(F)cccc2F)cc1. The molecule has 2 N–H and O–H groups in total. The van der Waals surface area contributed by atoms with Gasteiger partial charge in [-0.3, -0.25) is 5.41 Å². The molecule has 0 aromatic heterocycles. The molecule has 3 aromatic carbocycles. The molecule has 0 spiro atoms. The van der Waals surface area contributed by atoms with Crippen LogP contribution in [0.3, 0.4) is 0 Å². The summed E-state index contributed by atoms with van der Waals surface area (Å²) < 4.78 is 68.3. The monoisotopic (exact) mass is 532 g/mol. The molecule has 7 nitrogen and oxygen atoms in total. The van der Waals surface area contributed by atoms with Crippen LogP contribution < -0.4 is 15.0 Å². The Bertz CT molecular complexity index is 1340. The molecule has 4 rings (SSSR count). The summed E-state index contributed by atoms with van der Waals surface area (Å²) in [4.78, 5) is 5.36. The summed E-state index contributed by atoms with van der Waals surface area (Å²) in [5.41, 5.74) is 1.48. The van der Waals surface area contributed by atoms with Crippen LogP contribution in [0.2, 0.25) is 0 Å². The predicted octanol–water partition coefficient (Wildman–Crippen LogP) is 6.23. The van der Waals surface area contributed by atoms with E-state index in [0.29, 0.717) is 27.9 Å². The maximum Gasteiger partial charge on any atom is 0.573 e. The molecule has 190 valence electrons. The van der Waals surface area contributed by atoms with Crippen molar-refractivity contribution in [3.05, 3.63) is 89.5 Å². The lowest BCUT2D eigenvalue weighted by atomic mass is 10.1. The second kappa shape index (κ2) is 11.2. The van der Waals surface area contributed by atoms with Crippen LogP contribution in [0.1, 0.15) is 11.1 Å². The van der Waals surface area contributed by atoms with Crippen LogP contribution >= 0.6 is 11.8 Å². The van der Waals surface area contributed by atoms with Gasteiger partial charge < -0.3 is 15.0 Å². The van der Waals surface area contributed by atoms with E-state index in [0.717, 1.165) is 12.1 Å². The van der Waals surface area contributed by atoms with E-state index in [2.05, 4.69) is 25.2 Å². The quantitative estimate of drug-likeness (QED) is 0.164. The number of nitrogens with one attached hydrogen (secondary N) is 2. The average Bonchev–Trinajstić information content (AvgIpc) is 2.84. The van der Waals surface area contributed by atoms with Gasteiger partial charge in [0.1, 0.15) is 23.1 Å². The van der Waals surface area contributed by atoms with E-state index in [1.807, 2.05) is 0 Å². The van der Waals surface area contributed by atoms with Gasteiger partial charge in [-0.1, -0.05) is 42.1 Å². The number of para-hydroxylation sites is 1. The zero-order valence-corrected chi connectivity index (χ0v) is 19.5. The lowest BCUT2D eigenvalue weighted by molar-refractivity contribution is -0.274. The highest BCUT2D eigenvalue weighted by atomic mass is 32.2. The van der Waals surface area contributed by atoms with Gasteiger partial charge in [-0.05, 0) is 42.0 Å². The number of hydrogen-bond donors (Lipinski definition) is 2. The number of anilines is 2.